The van der Waals surface area contributed by atoms with Crippen LogP contribution in [0.25, 0.3) is 0 Å². The predicted molar refractivity (Wildman–Crippen MR) is 167 cm³/mol. The molecule has 2 atom stereocenters. The second-order valence-corrected chi connectivity index (χ2v) is 11.4. The Morgan fingerprint density at radius 2 is 1.64 bits per heavy atom. The van der Waals surface area contributed by atoms with Gasteiger partial charge in [0.15, 0.2) is 11.6 Å². The van der Waals surface area contributed by atoms with Crippen LogP contribution in [0.1, 0.15) is 40.3 Å². The summed E-state index contributed by atoms with van der Waals surface area (Å²) in [5.74, 6) is 0.271. The zero-order valence-corrected chi connectivity index (χ0v) is 25.6. The fourth-order valence-corrected chi connectivity index (χ4v) is 5.37. The van der Waals surface area contributed by atoms with Crippen LogP contribution in [0.4, 0.5) is 13.2 Å². The summed E-state index contributed by atoms with van der Waals surface area (Å²) in [6.07, 6.45) is -4.76. The molecule has 7 nitrogen and oxygen atoms in total. The molecule has 4 aromatic carbocycles. The van der Waals surface area contributed by atoms with Crippen LogP contribution >= 0.6 is 15.9 Å². The number of rotatable bonds is 12. The summed E-state index contributed by atoms with van der Waals surface area (Å²) in [6, 6.07) is 29.0. The van der Waals surface area contributed by atoms with Gasteiger partial charge in [-0.15, -0.1) is 0 Å². The summed E-state index contributed by atoms with van der Waals surface area (Å²) in [5.41, 5.74) is 5.13. The molecule has 0 aromatic heterocycles. The first-order valence-corrected chi connectivity index (χ1v) is 15.1. The molecule has 0 saturated carbocycles. The maximum atomic E-state index is 14.2. The van der Waals surface area contributed by atoms with Crippen molar-refractivity contribution in [1.29, 1.82) is 0 Å². The fraction of sp³-hybridized carbons (Fsp3) is 0.235. The van der Waals surface area contributed by atoms with E-state index < -0.39 is 29.3 Å². The van der Waals surface area contributed by atoms with Gasteiger partial charge in [-0.2, -0.15) is 13.2 Å². The van der Waals surface area contributed by atoms with Crippen molar-refractivity contribution in [3.05, 3.63) is 135 Å². The van der Waals surface area contributed by atoms with E-state index in [0.717, 1.165) is 16.1 Å². The molecule has 5 rings (SSSR count). The number of carbonyl (C=O) groups is 1. The van der Waals surface area contributed by atoms with Crippen LogP contribution in [-0.2, 0) is 28.7 Å². The maximum absolute atomic E-state index is 14.2. The number of hydrogen-bond donors (Lipinski definition) is 3. The molecule has 1 heterocycles. The highest BCUT2D eigenvalue weighted by atomic mass is 79.9. The SMILES string of the molecule is O=C(NNCc1ccccc1C(F)(F)F)[C@@]1(Cc2ccccc2)N=C(c2ccc(OCCCO)cc2)O[C@H]1c1ccc(Br)cc1. The number of hydrazine groups is 1. The number of aliphatic imine (C=N–C) groups is 1. The number of benzene rings is 4. The molecule has 234 valence electrons. The Kier molecular flexibility index (Phi) is 10.2. The van der Waals surface area contributed by atoms with Crippen molar-refractivity contribution < 1.29 is 32.5 Å². The smallest absolute Gasteiger partial charge is 0.416 e. The molecule has 0 radical (unpaired) electrons. The van der Waals surface area contributed by atoms with Crippen molar-refractivity contribution in [3.8, 4) is 5.75 Å². The Hall–Kier alpha value is -4.19. The molecule has 0 spiro atoms. The summed E-state index contributed by atoms with van der Waals surface area (Å²) < 4.78 is 53.7. The monoisotopic (exact) mass is 681 g/mol. The van der Waals surface area contributed by atoms with Gasteiger partial charge in [-0.25, -0.2) is 10.4 Å². The van der Waals surface area contributed by atoms with Crippen molar-refractivity contribution in [3.63, 3.8) is 0 Å². The molecule has 1 aliphatic heterocycles. The molecule has 1 amide bonds. The number of aliphatic hydroxyl groups excluding tert-OH is 1. The van der Waals surface area contributed by atoms with Crippen LogP contribution in [0.3, 0.4) is 0 Å². The predicted octanol–water partition coefficient (Wildman–Crippen LogP) is 6.55. The van der Waals surface area contributed by atoms with Crippen molar-refractivity contribution >= 4 is 27.7 Å². The van der Waals surface area contributed by atoms with E-state index >= 15 is 0 Å². The summed E-state index contributed by atoms with van der Waals surface area (Å²) in [5, 5.41) is 9.02. The number of carbonyl (C=O) groups excluding carboxylic acids is 1. The minimum Gasteiger partial charge on any atom is -0.494 e. The molecule has 45 heavy (non-hydrogen) atoms. The number of nitrogens with one attached hydrogen (secondary N) is 2. The Bertz CT molecular complexity index is 1620. The minimum absolute atomic E-state index is 0.0139. The van der Waals surface area contributed by atoms with E-state index in [-0.39, 0.29) is 31.0 Å². The van der Waals surface area contributed by atoms with Gasteiger partial charge in [-0.1, -0.05) is 76.6 Å². The Balaban J connectivity index is 1.50. The first-order chi connectivity index (χ1) is 21.7. The van der Waals surface area contributed by atoms with Crippen molar-refractivity contribution in [1.82, 2.24) is 10.9 Å². The lowest BCUT2D eigenvalue weighted by Crippen LogP contribution is -2.53. The lowest BCUT2D eigenvalue weighted by molar-refractivity contribution is -0.138. The number of hydrogen-bond acceptors (Lipinski definition) is 6. The van der Waals surface area contributed by atoms with Gasteiger partial charge in [0.05, 0.1) is 12.2 Å². The highest BCUT2D eigenvalue weighted by Crippen LogP contribution is 2.43. The lowest BCUT2D eigenvalue weighted by atomic mass is 9.82. The van der Waals surface area contributed by atoms with Crippen molar-refractivity contribution in [2.75, 3.05) is 13.2 Å². The molecule has 0 unspecified atom stereocenters. The van der Waals surface area contributed by atoms with Gasteiger partial charge < -0.3 is 14.6 Å². The Morgan fingerprint density at radius 1 is 0.956 bits per heavy atom. The lowest BCUT2D eigenvalue weighted by Gasteiger charge is -2.31. The quantitative estimate of drug-likeness (QED) is 0.117. The highest BCUT2D eigenvalue weighted by Gasteiger charge is 2.53. The van der Waals surface area contributed by atoms with Crippen LogP contribution in [0.2, 0.25) is 0 Å². The molecule has 1 aliphatic rings. The first kappa shape index (κ1) is 32.2. The summed E-state index contributed by atoms with van der Waals surface area (Å²) >= 11 is 3.45. The van der Waals surface area contributed by atoms with Gasteiger partial charge in [0, 0.05) is 36.0 Å². The third-order valence-electron chi connectivity index (χ3n) is 7.32. The van der Waals surface area contributed by atoms with Crippen LogP contribution in [0, 0.1) is 0 Å². The largest absolute Gasteiger partial charge is 0.494 e. The summed E-state index contributed by atoms with van der Waals surface area (Å²) in [7, 11) is 0. The molecule has 4 aromatic rings. The highest BCUT2D eigenvalue weighted by molar-refractivity contribution is 9.10. The Labute approximate surface area is 267 Å². The zero-order valence-electron chi connectivity index (χ0n) is 24.1. The fourth-order valence-electron chi connectivity index (χ4n) is 5.11. The second kappa shape index (κ2) is 14.3. The van der Waals surface area contributed by atoms with Crippen LogP contribution in [0.5, 0.6) is 5.75 Å². The minimum atomic E-state index is -4.54. The molecular weight excluding hydrogens is 651 g/mol. The van der Waals surface area contributed by atoms with Gasteiger partial charge in [0.25, 0.3) is 5.91 Å². The average molecular weight is 683 g/mol. The van der Waals surface area contributed by atoms with E-state index in [1.54, 1.807) is 24.3 Å². The van der Waals surface area contributed by atoms with Gasteiger partial charge >= 0.3 is 6.18 Å². The number of amides is 1. The van der Waals surface area contributed by atoms with Gasteiger partial charge in [-0.3, -0.25) is 10.2 Å². The molecule has 3 N–H and O–H groups in total. The van der Waals surface area contributed by atoms with Crippen LogP contribution in [-0.4, -0.2) is 35.7 Å². The number of halogens is 4. The van der Waals surface area contributed by atoms with Crippen molar-refractivity contribution in [2.45, 2.75) is 37.2 Å². The van der Waals surface area contributed by atoms with E-state index in [0.29, 0.717) is 29.9 Å². The van der Waals surface area contributed by atoms with Crippen LogP contribution in [0.15, 0.2) is 113 Å². The molecular formula is C34H31BrF3N3O4. The molecule has 0 bridgehead atoms. The normalized spacial score (nSPS) is 17.8. The zero-order chi connectivity index (χ0) is 31.9. The average Bonchev–Trinajstić information content (AvgIpc) is 3.42. The van der Waals surface area contributed by atoms with E-state index in [4.69, 9.17) is 19.6 Å². The third kappa shape index (κ3) is 7.73. The van der Waals surface area contributed by atoms with Gasteiger partial charge in [0.2, 0.25) is 5.90 Å². The van der Waals surface area contributed by atoms with E-state index in [1.807, 2.05) is 54.6 Å². The molecule has 0 aliphatic carbocycles. The molecule has 0 saturated heterocycles. The van der Waals surface area contributed by atoms with Crippen molar-refractivity contribution in [2.24, 2.45) is 4.99 Å². The summed E-state index contributed by atoms with van der Waals surface area (Å²) in [6.45, 7) is 0.121. The number of alkyl halides is 3. The molecule has 0 fully saturated rings. The number of nitrogens with zero attached hydrogens (tertiary/aromatic N) is 1. The van der Waals surface area contributed by atoms with Gasteiger partial charge in [0.1, 0.15) is 5.75 Å². The summed E-state index contributed by atoms with van der Waals surface area (Å²) in [4.78, 5) is 19.2. The third-order valence-corrected chi connectivity index (χ3v) is 7.85. The van der Waals surface area contributed by atoms with Crippen LogP contribution < -0.4 is 15.6 Å². The molecule has 11 heteroatoms. The topological polar surface area (TPSA) is 92.2 Å². The number of aliphatic hydroxyl groups is 1. The van der Waals surface area contributed by atoms with E-state index in [1.165, 1.54) is 18.2 Å². The van der Waals surface area contributed by atoms with E-state index in [9.17, 15) is 18.0 Å². The Morgan fingerprint density at radius 3 is 2.33 bits per heavy atom. The van der Waals surface area contributed by atoms with Gasteiger partial charge in [-0.05, 0) is 59.2 Å². The van der Waals surface area contributed by atoms with E-state index in [2.05, 4.69) is 26.8 Å². The maximum Gasteiger partial charge on any atom is 0.416 e. The standard InChI is InChI=1S/C34H31BrF3N3O4/c35-27-15-11-24(12-16-27)30-33(21-23-7-2-1-3-8-23,32(43)41-39-22-26-9-4-5-10-29(26)34(36,37)38)40-31(45-30)25-13-17-28(18-14-25)44-20-6-19-42/h1-5,7-18,30,39,42H,6,19-22H2,(H,41,43)/t30-,33-/m0/s1. The second-order valence-electron chi connectivity index (χ2n) is 10.5. The first-order valence-electron chi connectivity index (χ1n) is 14.3. The number of ether oxygens (including phenoxy) is 2.